The highest BCUT2D eigenvalue weighted by Crippen LogP contribution is 2.14. The van der Waals surface area contributed by atoms with Gasteiger partial charge in [0.1, 0.15) is 19.0 Å². The Morgan fingerprint density at radius 1 is 1.19 bits per heavy atom. The molecule has 6 nitrogen and oxygen atoms in total. The summed E-state index contributed by atoms with van der Waals surface area (Å²) < 4.78 is 32.5. The van der Waals surface area contributed by atoms with Crippen LogP contribution < -0.4 is 9.88 Å². The Hall–Kier alpha value is -1.60. The molecule has 21 heavy (non-hydrogen) atoms. The fourth-order valence-electron chi connectivity index (χ4n) is 1.52. The number of hydrogen-bond acceptors (Lipinski definition) is 5. The van der Waals surface area contributed by atoms with Crippen molar-refractivity contribution in [3.63, 3.8) is 0 Å². The van der Waals surface area contributed by atoms with E-state index in [9.17, 15) is 13.2 Å². The highest BCUT2D eigenvalue weighted by molar-refractivity contribution is 7.89. The molecular formula is C14H21NO5S. The van der Waals surface area contributed by atoms with Crippen LogP contribution in [0, 0.1) is 5.92 Å². The van der Waals surface area contributed by atoms with E-state index in [4.69, 9.17) is 14.6 Å². The number of carbonyl (C=O) groups is 1. The molecule has 0 unspecified atom stereocenters. The average Bonchev–Trinajstić information content (AvgIpc) is 2.41. The Morgan fingerprint density at radius 3 is 2.33 bits per heavy atom. The number of benzene rings is 1. The summed E-state index contributed by atoms with van der Waals surface area (Å²) in [4.78, 5) is 11.4. The number of hydrogen-bond donors (Lipinski definition) is 1. The molecule has 1 aromatic carbocycles. The van der Waals surface area contributed by atoms with Crippen LogP contribution in [0.3, 0.4) is 0 Å². The van der Waals surface area contributed by atoms with Crippen molar-refractivity contribution < 1.29 is 22.7 Å². The molecule has 7 heteroatoms. The van der Waals surface area contributed by atoms with Gasteiger partial charge in [0.25, 0.3) is 0 Å². The summed E-state index contributed by atoms with van der Waals surface area (Å²) >= 11 is 0. The van der Waals surface area contributed by atoms with Gasteiger partial charge >= 0.3 is 5.97 Å². The van der Waals surface area contributed by atoms with Gasteiger partial charge in [-0.2, -0.15) is 0 Å². The molecule has 0 aliphatic heterocycles. The maximum Gasteiger partial charge on any atom is 0.305 e. The zero-order chi connectivity index (χ0) is 15.9. The Kier molecular flexibility index (Phi) is 6.64. The predicted octanol–water partition coefficient (Wildman–Crippen LogP) is 1.69. The van der Waals surface area contributed by atoms with E-state index >= 15 is 0 Å². The first-order valence-electron chi connectivity index (χ1n) is 6.70. The molecule has 0 saturated heterocycles. The van der Waals surface area contributed by atoms with E-state index in [2.05, 4.69) is 0 Å². The normalized spacial score (nSPS) is 11.4. The minimum absolute atomic E-state index is 0.0231. The van der Waals surface area contributed by atoms with Gasteiger partial charge in [-0.25, -0.2) is 13.6 Å². The zero-order valence-electron chi connectivity index (χ0n) is 12.2. The van der Waals surface area contributed by atoms with Crippen LogP contribution in [0.1, 0.15) is 26.7 Å². The van der Waals surface area contributed by atoms with E-state index in [-0.39, 0.29) is 24.1 Å². The number of primary sulfonamides is 1. The lowest BCUT2D eigenvalue weighted by Crippen LogP contribution is -2.13. The van der Waals surface area contributed by atoms with Crippen LogP contribution in [0.2, 0.25) is 0 Å². The first kappa shape index (κ1) is 17.5. The third-order valence-corrected chi connectivity index (χ3v) is 3.62. The quantitative estimate of drug-likeness (QED) is 0.582. The van der Waals surface area contributed by atoms with Crippen LogP contribution in [0.15, 0.2) is 29.2 Å². The molecule has 0 radical (unpaired) electrons. The minimum Gasteiger partial charge on any atom is -0.490 e. The van der Waals surface area contributed by atoms with Crippen LogP contribution in [-0.4, -0.2) is 27.6 Å². The lowest BCUT2D eigenvalue weighted by atomic mass is 10.1. The van der Waals surface area contributed by atoms with E-state index in [0.29, 0.717) is 18.1 Å². The van der Waals surface area contributed by atoms with E-state index in [0.717, 1.165) is 6.42 Å². The molecule has 1 aromatic rings. The van der Waals surface area contributed by atoms with Gasteiger partial charge in [0, 0.05) is 6.42 Å². The average molecular weight is 315 g/mol. The van der Waals surface area contributed by atoms with Crippen LogP contribution >= 0.6 is 0 Å². The standard InChI is InChI=1S/C14H21NO5S/c1-11(2)3-8-14(16)20-10-9-19-12-4-6-13(7-5-12)21(15,17)18/h4-7,11H,3,8-10H2,1-2H3,(H2,15,17,18). The SMILES string of the molecule is CC(C)CCC(=O)OCCOc1ccc(S(N)(=O)=O)cc1. The van der Waals surface area contributed by atoms with Crippen molar-refractivity contribution in [1.29, 1.82) is 0 Å². The summed E-state index contributed by atoms with van der Waals surface area (Å²) in [5.74, 6) is 0.712. The second-order valence-electron chi connectivity index (χ2n) is 5.02. The van der Waals surface area contributed by atoms with Crippen molar-refractivity contribution in [3.8, 4) is 5.75 Å². The van der Waals surface area contributed by atoms with E-state index in [1.54, 1.807) is 0 Å². The Balaban J connectivity index is 2.29. The first-order valence-corrected chi connectivity index (χ1v) is 8.25. The molecule has 0 aliphatic rings. The molecule has 0 saturated carbocycles. The van der Waals surface area contributed by atoms with E-state index in [1.165, 1.54) is 24.3 Å². The molecular weight excluding hydrogens is 294 g/mol. The molecule has 118 valence electrons. The molecule has 0 fully saturated rings. The maximum absolute atomic E-state index is 11.4. The molecule has 0 aromatic heterocycles. The number of rotatable bonds is 8. The molecule has 0 atom stereocenters. The van der Waals surface area contributed by atoms with Crippen LogP contribution in [0.5, 0.6) is 5.75 Å². The second-order valence-corrected chi connectivity index (χ2v) is 6.58. The Morgan fingerprint density at radius 2 is 1.81 bits per heavy atom. The van der Waals surface area contributed by atoms with Gasteiger partial charge in [0.2, 0.25) is 10.0 Å². The van der Waals surface area contributed by atoms with Gasteiger partial charge in [-0.3, -0.25) is 4.79 Å². The fraction of sp³-hybridized carbons (Fsp3) is 0.500. The molecule has 0 bridgehead atoms. The lowest BCUT2D eigenvalue weighted by Gasteiger charge is -2.08. The zero-order valence-corrected chi connectivity index (χ0v) is 13.1. The summed E-state index contributed by atoms with van der Waals surface area (Å²) in [6, 6.07) is 5.72. The Labute approximate surface area is 125 Å². The van der Waals surface area contributed by atoms with Gasteiger partial charge in [0.05, 0.1) is 4.90 Å². The van der Waals surface area contributed by atoms with Gasteiger partial charge in [-0.1, -0.05) is 13.8 Å². The molecule has 0 amide bonds. The molecule has 0 aliphatic carbocycles. The van der Waals surface area contributed by atoms with Crippen LogP contribution in [-0.2, 0) is 19.6 Å². The topological polar surface area (TPSA) is 95.7 Å². The fourth-order valence-corrected chi connectivity index (χ4v) is 2.03. The summed E-state index contributed by atoms with van der Waals surface area (Å²) in [7, 11) is -3.69. The van der Waals surface area contributed by atoms with Crippen molar-refractivity contribution in [2.24, 2.45) is 11.1 Å². The summed E-state index contributed by atoms with van der Waals surface area (Å²) in [5, 5.41) is 4.99. The smallest absolute Gasteiger partial charge is 0.305 e. The van der Waals surface area contributed by atoms with Crippen LogP contribution in [0.25, 0.3) is 0 Å². The lowest BCUT2D eigenvalue weighted by molar-refractivity contribution is -0.144. The highest BCUT2D eigenvalue weighted by Gasteiger charge is 2.07. The largest absolute Gasteiger partial charge is 0.490 e. The third kappa shape index (κ3) is 7.10. The maximum atomic E-state index is 11.4. The molecule has 0 spiro atoms. The molecule has 0 heterocycles. The van der Waals surface area contributed by atoms with Crippen molar-refractivity contribution in [2.45, 2.75) is 31.6 Å². The molecule has 1 rings (SSSR count). The van der Waals surface area contributed by atoms with Crippen molar-refractivity contribution in [2.75, 3.05) is 13.2 Å². The summed E-state index contributed by atoms with van der Waals surface area (Å²) in [6.07, 6.45) is 1.20. The van der Waals surface area contributed by atoms with Gasteiger partial charge < -0.3 is 9.47 Å². The third-order valence-electron chi connectivity index (χ3n) is 2.69. The number of nitrogens with two attached hydrogens (primary N) is 1. The predicted molar refractivity (Wildman–Crippen MR) is 78.3 cm³/mol. The number of sulfonamides is 1. The summed E-state index contributed by atoms with van der Waals surface area (Å²) in [6.45, 7) is 4.46. The number of carbonyl (C=O) groups excluding carboxylic acids is 1. The van der Waals surface area contributed by atoms with Crippen molar-refractivity contribution in [1.82, 2.24) is 0 Å². The Bertz CT molecular complexity index is 551. The van der Waals surface area contributed by atoms with E-state index in [1.807, 2.05) is 13.8 Å². The van der Waals surface area contributed by atoms with Crippen molar-refractivity contribution >= 4 is 16.0 Å². The monoisotopic (exact) mass is 315 g/mol. The first-order chi connectivity index (χ1) is 9.79. The van der Waals surface area contributed by atoms with E-state index < -0.39 is 10.0 Å². The second kappa shape index (κ2) is 7.99. The van der Waals surface area contributed by atoms with Gasteiger partial charge in [0.15, 0.2) is 0 Å². The van der Waals surface area contributed by atoms with Gasteiger partial charge in [-0.05, 0) is 36.6 Å². The van der Waals surface area contributed by atoms with Gasteiger partial charge in [-0.15, -0.1) is 0 Å². The molecule has 2 N–H and O–H groups in total. The minimum atomic E-state index is -3.69. The number of ether oxygens (including phenoxy) is 2. The highest BCUT2D eigenvalue weighted by atomic mass is 32.2. The number of esters is 1. The summed E-state index contributed by atoms with van der Waals surface area (Å²) in [5.41, 5.74) is 0. The van der Waals surface area contributed by atoms with Crippen LogP contribution in [0.4, 0.5) is 0 Å². The van der Waals surface area contributed by atoms with Crippen molar-refractivity contribution in [3.05, 3.63) is 24.3 Å².